The summed E-state index contributed by atoms with van der Waals surface area (Å²) in [5.74, 6) is 1.37. The van der Waals surface area contributed by atoms with E-state index in [0.29, 0.717) is 5.92 Å². The minimum Gasteiger partial charge on any atom is -0.497 e. The summed E-state index contributed by atoms with van der Waals surface area (Å²) in [6, 6.07) is 8.12. The van der Waals surface area contributed by atoms with Gasteiger partial charge in [0.05, 0.1) is 18.8 Å². The number of piperazine rings is 1. The van der Waals surface area contributed by atoms with Gasteiger partial charge >= 0.3 is 6.03 Å². The highest BCUT2D eigenvalue weighted by molar-refractivity contribution is 5.75. The molecule has 27 heavy (non-hydrogen) atoms. The fourth-order valence-electron chi connectivity index (χ4n) is 4.63. The largest absolute Gasteiger partial charge is 0.497 e. The van der Waals surface area contributed by atoms with Crippen LogP contribution >= 0.6 is 0 Å². The summed E-state index contributed by atoms with van der Waals surface area (Å²) >= 11 is 0. The molecule has 1 aromatic rings. The van der Waals surface area contributed by atoms with Gasteiger partial charge in [0.2, 0.25) is 0 Å². The van der Waals surface area contributed by atoms with Crippen LogP contribution in [0, 0.1) is 5.92 Å². The highest BCUT2D eigenvalue weighted by atomic mass is 16.5. The van der Waals surface area contributed by atoms with Crippen LogP contribution in [0.25, 0.3) is 0 Å². The van der Waals surface area contributed by atoms with Gasteiger partial charge in [0.25, 0.3) is 0 Å². The number of methoxy groups -OCH3 is 1. The summed E-state index contributed by atoms with van der Waals surface area (Å²) in [6.07, 6.45) is 5.80. The van der Waals surface area contributed by atoms with Crippen molar-refractivity contribution in [3.63, 3.8) is 0 Å². The van der Waals surface area contributed by atoms with Crippen LogP contribution in [-0.4, -0.2) is 56.4 Å². The van der Waals surface area contributed by atoms with Gasteiger partial charge in [-0.05, 0) is 55.7 Å². The van der Waals surface area contributed by atoms with E-state index in [-0.39, 0.29) is 17.7 Å². The molecular weight excluding hydrogens is 342 g/mol. The molecule has 2 atom stereocenters. The molecule has 6 heteroatoms. The molecule has 2 N–H and O–H groups in total. The van der Waals surface area contributed by atoms with Gasteiger partial charge in [0, 0.05) is 32.8 Å². The smallest absolute Gasteiger partial charge is 0.318 e. The molecule has 3 fully saturated rings. The highest BCUT2D eigenvalue weighted by Gasteiger charge is 2.42. The molecule has 4 rings (SSSR count). The standard InChI is InChI=1S/C21H31N3O3/c1-26-18-5-3-17(4-6-18)19-15-22-10-11-24(19)20(25)23-14-16-7-12-27-21(13-16)8-2-9-21/h3-6,16,19,22H,2,7-15H2,1H3,(H,23,25). The molecule has 0 bridgehead atoms. The van der Waals surface area contributed by atoms with Crippen molar-refractivity contribution in [3.8, 4) is 5.75 Å². The maximum atomic E-state index is 12.9. The van der Waals surface area contributed by atoms with Crippen molar-refractivity contribution >= 4 is 6.03 Å². The maximum Gasteiger partial charge on any atom is 0.318 e. The van der Waals surface area contributed by atoms with Gasteiger partial charge in [-0.1, -0.05) is 12.1 Å². The number of carbonyl (C=O) groups is 1. The minimum absolute atomic E-state index is 0.0477. The molecule has 1 saturated carbocycles. The van der Waals surface area contributed by atoms with Gasteiger partial charge in [-0.3, -0.25) is 0 Å². The van der Waals surface area contributed by atoms with Crippen LogP contribution in [0.15, 0.2) is 24.3 Å². The number of nitrogens with one attached hydrogen (secondary N) is 2. The third-order valence-corrected chi connectivity index (χ3v) is 6.41. The lowest BCUT2D eigenvalue weighted by atomic mass is 9.72. The molecule has 148 valence electrons. The average Bonchev–Trinajstić information content (AvgIpc) is 2.71. The molecular formula is C21H31N3O3. The Bertz CT molecular complexity index is 645. The van der Waals surface area contributed by atoms with Crippen LogP contribution in [0.4, 0.5) is 4.79 Å². The summed E-state index contributed by atoms with van der Waals surface area (Å²) < 4.78 is 11.3. The molecule has 2 saturated heterocycles. The molecule has 3 aliphatic rings. The molecule has 1 spiro atoms. The predicted molar refractivity (Wildman–Crippen MR) is 104 cm³/mol. The lowest BCUT2D eigenvalue weighted by Crippen LogP contribution is -2.53. The van der Waals surface area contributed by atoms with E-state index >= 15 is 0 Å². The van der Waals surface area contributed by atoms with Crippen LogP contribution in [0.2, 0.25) is 0 Å². The van der Waals surface area contributed by atoms with Crippen LogP contribution in [0.1, 0.15) is 43.7 Å². The van der Waals surface area contributed by atoms with Crippen molar-refractivity contribution in [2.45, 2.75) is 43.7 Å². The Hall–Kier alpha value is -1.79. The van der Waals surface area contributed by atoms with Crippen molar-refractivity contribution in [3.05, 3.63) is 29.8 Å². The van der Waals surface area contributed by atoms with E-state index in [1.54, 1.807) is 7.11 Å². The first-order valence-corrected chi connectivity index (χ1v) is 10.2. The molecule has 0 aromatic heterocycles. The molecule has 2 amide bonds. The number of hydrogen-bond acceptors (Lipinski definition) is 4. The Morgan fingerprint density at radius 3 is 2.89 bits per heavy atom. The van der Waals surface area contributed by atoms with Gasteiger partial charge in [-0.2, -0.15) is 0 Å². The molecule has 1 aromatic carbocycles. The van der Waals surface area contributed by atoms with E-state index in [1.165, 1.54) is 19.3 Å². The Balaban J connectivity index is 1.35. The second-order valence-corrected chi connectivity index (χ2v) is 8.12. The summed E-state index contributed by atoms with van der Waals surface area (Å²) in [7, 11) is 1.67. The van der Waals surface area contributed by atoms with Gasteiger partial charge in [-0.15, -0.1) is 0 Å². The van der Waals surface area contributed by atoms with Crippen molar-refractivity contribution in [1.82, 2.24) is 15.5 Å². The predicted octanol–water partition coefficient (Wildman–Crippen LogP) is 2.70. The summed E-state index contributed by atoms with van der Waals surface area (Å²) in [4.78, 5) is 14.9. The van der Waals surface area contributed by atoms with E-state index in [9.17, 15) is 4.79 Å². The zero-order valence-electron chi connectivity index (χ0n) is 16.2. The van der Waals surface area contributed by atoms with Gasteiger partial charge < -0.3 is 25.0 Å². The fourth-order valence-corrected chi connectivity index (χ4v) is 4.63. The molecule has 2 unspecified atom stereocenters. The number of carbonyl (C=O) groups excluding carboxylic acids is 1. The summed E-state index contributed by atoms with van der Waals surface area (Å²) in [6.45, 7) is 3.92. The van der Waals surface area contributed by atoms with Crippen LogP contribution < -0.4 is 15.4 Å². The first-order chi connectivity index (χ1) is 13.2. The number of benzene rings is 1. The number of urea groups is 1. The molecule has 0 radical (unpaired) electrons. The topological polar surface area (TPSA) is 62.8 Å². The van der Waals surface area contributed by atoms with E-state index < -0.39 is 0 Å². The second kappa shape index (κ2) is 8.07. The van der Waals surface area contributed by atoms with Gasteiger partial charge in [0.15, 0.2) is 0 Å². The third-order valence-electron chi connectivity index (χ3n) is 6.41. The summed E-state index contributed by atoms with van der Waals surface area (Å²) in [5.41, 5.74) is 1.27. The number of ether oxygens (including phenoxy) is 2. The average molecular weight is 373 g/mol. The SMILES string of the molecule is COc1ccc(C2CNCCN2C(=O)NCC2CCOC3(CCC3)C2)cc1. The Morgan fingerprint density at radius 1 is 1.37 bits per heavy atom. The summed E-state index contributed by atoms with van der Waals surface area (Å²) in [5, 5.41) is 6.62. The lowest BCUT2D eigenvalue weighted by Gasteiger charge is -2.47. The van der Waals surface area contributed by atoms with Crippen LogP contribution in [0.3, 0.4) is 0 Å². The van der Waals surface area contributed by atoms with Crippen molar-refractivity contribution in [1.29, 1.82) is 0 Å². The third kappa shape index (κ3) is 4.06. The number of amides is 2. The lowest BCUT2D eigenvalue weighted by molar-refractivity contribution is -0.142. The normalized spacial score (nSPS) is 27.1. The second-order valence-electron chi connectivity index (χ2n) is 8.12. The fraction of sp³-hybridized carbons (Fsp3) is 0.667. The Morgan fingerprint density at radius 2 is 2.19 bits per heavy atom. The van der Waals surface area contributed by atoms with E-state index in [0.717, 1.165) is 56.9 Å². The quantitative estimate of drug-likeness (QED) is 0.852. The number of hydrogen-bond donors (Lipinski definition) is 2. The van der Waals surface area contributed by atoms with Gasteiger partial charge in [-0.25, -0.2) is 4.79 Å². The van der Waals surface area contributed by atoms with Gasteiger partial charge in [0.1, 0.15) is 5.75 Å². The maximum absolute atomic E-state index is 12.9. The molecule has 1 aliphatic carbocycles. The number of nitrogens with zero attached hydrogens (tertiary/aromatic N) is 1. The minimum atomic E-state index is 0.0477. The molecule has 6 nitrogen and oxygen atoms in total. The first kappa shape index (κ1) is 18.6. The molecule has 2 heterocycles. The van der Waals surface area contributed by atoms with Crippen LogP contribution in [0.5, 0.6) is 5.75 Å². The molecule has 2 aliphatic heterocycles. The van der Waals surface area contributed by atoms with E-state index in [4.69, 9.17) is 9.47 Å². The van der Waals surface area contributed by atoms with Crippen LogP contribution in [-0.2, 0) is 4.74 Å². The highest BCUT2D eigenvalue weighted by Crippen LogP contribution is 2.44. The van der Waals surface area contributed by atoms with E-state index in [1.807, 2.05) is 17.0 Å². The van der Waals surface area contributed by atoms with Crippen molar-refractivity contribution in [2.24, 2.45) is 5.92 Å². The zero-order valence-corrected chi connectivity index (χ0v) is 16.2. The first-order valence-electron chi connectivity index (χ1n) is 10.2. The van der Waals surface area contributed by atoms with Crippen molar-refractivity contribution < 1.29 is 14.3 Å². The van der Waals surface area contributed by atoms with Crippen molar-refractivity contribution in [2.75, 3.05) is 39.9 Å². The number of rotatable bonds is 4. The zero-order chi connectivity index (χ0) is 18.7. The Kier molecular flexibility index (Phi) is 5.55. The Labute approximate surface area is 161 Å². The monoisotopic (exact) mass is 373 g/mol. The van der Waals surface area contributed by atoms with E-state index in [2.05, 4.69) is 22.8 Å².